The largest absolute Gasteiger partial charge is 0.497 e. The van der Waals surface area contributed by atoms with Gasteiger partial charge < -0.3 is 15.2 Å². The van der Waals surface area contributed by atoms with Gasteiger partial charge in [0.1, 0.15) is 17.6 Å². The Balaban J connectivity index is 1.96. The van der Waals surface area contributed by atoms with E-state index in [1.807, 2.05) is 38.4 Å². The van der Waals surface area contributed by atoms with Crippen LogP contribution in [0.4, 0.5) is 0 Å². The van der Waals surface area contributed by atoms with E-state index >= 15 is 0 Å². The van der Waals surface area contributed by atoms with Crippen molar-refractivity contribution in [3.8, 4) is 11.5 Å². The summed E-state index contributed by atoms with van der Waals surface area (Å²) in [4.78, 5) is 0. The topological polar surface area (TPSA) is 62.3 Å². The minimum absolute atomic E-state index is 0.0331. The molecule has 0 spiro atoms. The molecule has 0 amide bonds. The van der Waals surface area contributed by atoms with Crippen LogP contribution in [0.1, 0.15) is 35.4 Å². The van der Waals surface area contributed by atoms with Crippen LogP contribution >= 0.6 is 0 Å². The van der Waals surface area contributed by atoms with Gasteiger partial charge in [0, 0.05) is 42.9 Å². The first-order valence-corrected chi connectivity index (χ1v) is 6.69. The van der Waals surface area contributed by atoms with Gasteiger partial charge in [-0.1, -0.05) is 6.07 Å². The highest BCUT2D eigenvalue weighted by Crippen LogP contribution is 2.41. The molecule has 2 atom stereocenters. The molecule has 1 aromatic carbocycles. The molecule has 3 rings (SSSR count). The van der Waals surface area contributed by atoms with E-state index in [-0.39, 0.29) is 12.1 Å². The standard InChI is InChI=1S/C15H19N3O2/c1-9-12(8-18(2)17-9)15-7-13(16)11-5-4-10(19-3)6-14(11)20-15/h4-6,8,13,15H,7,16H2,1-3H3. The molecule has 20 heavy (non-hydrogen) atoms. The molecule has 0 aliphatic carbocycles. The predicted octanol–water partition coefficient (Wildman–Crippen LogP) is 2.26. The molecule has 2 unspecified atom stereocenters. The summed E-state index contributed by atoms with van der Waals surface area (Å²) in [6, 6.07) is 5.75. The van der Waals surface area contributed by atoms with Crippen LogP contribution in [0.15, 0.2) is 24.4 Å². The van der Waals surface area contributed by atoms with Crippen molar-refractivity contribution in [2.24, 2.45) is 12.8 Å². The number of fused-ring (bicyclic) bond motifs is 1. The molecule has 0 bridgehead atoms. The van der Waals surface area contributed by atoms with Crippen molar-refractivity contribution in [3.05, 3.63) is 41.2 Å². The van der Waals surface area contributed by atoms with Crippen LogP contribution in [-0.4, -0.2) is 16.9 Å². The number of ether oxygens (including phenoxy) is 2. The van der Waals surface area contributed by atoms with Gasteiger partial charge in [0.2, 0.25) is 0 Å². The third kappa shape index (κ3) is 2.14. The maximum Gasteiger partial charge on any atom is 0.129 e. The highest BCUT2D eigenvalue weighted by Gasteiger charge is 2.29. The van der Waals surface area contributed by atoms with E-state index < -0.39 is 0 Å². The van der Waals surface area contributed by atoms with Crippen molar-refractivity contribution in [2.45, 2.75) is 25.5 Å². The van der Waals surface area contributed by atoms with Crippen LogP contribution in [0.3, 0.4) is 0 Å². The summed E-state index contributed by atoms with van der Waals surface area (Å²) in [5.74, 6) is 1.58. The van der Waals surface area contributed by atoms with E-state index in [0.717, 1.165) is 34.7 Å². The quantitative estimate of drug-likeness (QED) is 0.911. The van der Waals surface area contributed by atoms with Crippen molar-refractivity contribution in [3.63, 3.8) is 0 Å². The Morgan fingerprint density at radius 3 is 2.85 bits per heavy atom. The Morgan fingerprint density at radius 1 is 1.40 bits per heavy atom. The van der Waals surface area contributed by atoms with Crippen molar-refractivity contribution in [1.29, 1.82) is 0 Å². The van der Waals surface area contributed by atoms with E-state index in [0.29, 0.717) is 0 Å². The molecule has 1 aliphatic rings. The summed E-state index contributed by atoms with van der Waals surface area (Å²) < 4.78 is 13.2. The Kier molecular flexibility index (Phi) is 3.14. The number of nitrogens with two attached hydrogens (primary N) is 1. The highest BCUT2D eigenvalue weighted by molar-refractivity contribution is 5.44. The first-order chi connectivity index (χ1) is 9.58. The number of aromatic nitrogens is 2. The normalized spacial score (nSPS) is 21.2. The number of methoxy groups -OCH3 is 1. The van der Waals surface area contributed by atoms with Crippen LogP contribution in [0.5, 0.6) is 11.5 Å². The first kappa shape index (κ1) is 13.0. The van der Waals surface area contributed by atoms with Gasteiger partial charge in [0.25, 0.3) is 0 Å². The zero-order valence-corrected chi connectivity index (χ0v) is 12.0. The third-order valence-corrected chi connectivity index (χ3v) is 3.76. The van der Waals surface area contributed by atoms with Crippen LogP contribution < -0.4 is 15.2 Å². The lowest BCUT2D eigenvalue weighted by Crippen LogP contribution is -2.24. The third-order valence-electron chi connectivity index (χ3n) is 3.76. The van der Waals surface area contributed by atoms with E-state index in [9.17, 15) is 0 Å². The van der Waals surface area contributed by atoms with Crippen molar-refractivity contribution >= 4 is 0 Å². The molecule has 2 N–H and O–H groups in total. The monoisotopic (exact) mass is 273 g/mol. The molecule has 0 radical (unpaired) electrons. The fraction of sp³-hybridized carbons (Fsp3) is 0.400. The minimum Gasteiger partial charge on any atom is -0.497 e. The lowest BCUT2D eigenvalue weighted by atomic mass is 9.94. The molecule has 2 aromatic rings. The van der Waals surface area contributed by atoms with Gasteiger partial charge in [-0.2, -0.15) is 5.10 Å². The smallest absolute Gasteiger partial charge is 0.129 e. The molecule has 0 fully saturated rings. The van der Waals surface area contributed by atoms with Gasteiger partial charge >= 0.3 is 0 Å². The van der Waals surface area contributed by atoms with Gasteiger partial charge in [-0.25, -0.2) is 0 Å². The fourth-order valence-electron chi connectivity index (χ4n) is 2.73. The van der Waals surface area contributed by atoms with Gasteiger partial charge in [0.05, 0.1) is 12.8 Å². The van der Waals surface area contributed by atoms with E-state index in [4.69, 9.17) is 15.2 Å². The van der Waals surface area contributed by atoms with E-state index in [2.05, 4.69) is 5.10 Å². The van der Waals surface area contributed by atoms with Crippen LogP contribution in [0.2, 0.25) is 0 Å². The first-order valence-electron chi connectivity index (χ1n) is 6.69. The zero-order valence-electron chi connectivity index (χ0n) is 12.0. The number of nitrogens with zero attached hydrogens (tertiary/aromatic N) is 2. The van der Waals surface area contributed by atoms with Crippen molar-refractivity contribution in [1.82, 2.24) is 9.78 Å². The molecular weight excluding hydrogens is 254 g/mol. The fourth-order valence-corrected chi connectivity index (χ4v) is 2.73. The number of aryl methyl sites for hydroxylation is 2. The second-order valence-corrected chi connectivity index (χ2v) is 5.20. The Hall–Kier alpha value is -2.01. The predicted molar refractivity (Wildman–Crippen MR) is 75.9 cm³/mol. The average molecular weight is 273 g/mol. The van der Waals surface area contributed by atoms with Gasteiger partial charge in [-0.05, 0) is 13.0 Å². The summed E-state index contributed by atoms with van der Waals surface area (Å²) in [6.45, 7) is 1.99. The lowest BCUT2D eigenvalue weighted by Gasteiger charge is -2.30. The summed E-state index contributed by atoms with van der Waals surface area (Å²) in [7, 11) is 3.56. The maximum absolute atomic E-state index is 6.27. The molecule has 1 aliphatic heterocycles. The average Bonchev–Trinajstić information content (AvgIpc) is 2.77. The Morgan fingerprint density at radius 2 is 2.20 bits per heavy atom. The lowest BCUT2D eigenvalue weighted by molar-refractivity contribution is 0.160. The SMILES string of the molecule is COc1ccc2c(c1)OC(c1cn(C)nc1C)CC2N. The summed E-state index contributed by atoms with van der Waals surface area (Å²) in [6.07, 6.45) is 2.70. The van der Waals surface area contributed by atoms with Gasteiger partial charge in [-0.3, -0.25) is 4.68 Å². The highest BCUT2D eigenvalue weighted by atomic mass is 16.5. The molecule has 0 saturated carbocycles. The number of hydrogen-bond acceptors (Lipinski definition) is 4. The molecule has 2 heterocycles. The zero-order chi connectivity index (χ0) is 14.3. The Labute approximate surface area is 118 Å². The van der Waals surface area contributed by atoms with E-state index in [1.54, 1.807) is 11.8 Å². The number of benzene rings is 1. The minimum atomic E-state index is -0.0571. The van der Waals surface area contributed by atoms with Crippen molar-refractivity contribution in [2.75, 3.05) is 7.11 Å². The summed E-state index contributed by atoms with van der Waals surface area (Å²) >= 11 is 0. The molecule has 106 valence electrons. The van der Waals surface area contributed by atoms with Crippen LogP contribution in [0.25, 0.3) is 0 Å². The summed E-state index contributed by atoms with van der Waals surface area (Å²) in [5.41, 5.74) is 9.38. The van der Waals surface area contributed by atoms with Crippen LogP contribution in [0, 0.1) is 6.92 Å². The van der Waals surface area contributed by atoms with Crippen LogP contribution in [-0.2, 0) is 7.05 Å². The number of rotatable bonds is 2. The van der Waals surface area contributed by atoms with Crippen molar-refractivity contribution < 1.29 is 9.47 Å². The molecule has 5 nitrogen and oxygen atoms in total. The summed E-state index contributed by atoms with van der Waals surface area (Å²) in [5, 5.41) is 4.37. The molecule has 5 heteroatoms. The molecule has 1 aromatic heterocycles. The maximum atomic E-state index is 6.27. The molecule has 0 saturated heterocycles. The van der Waals surface area contributed by atoms with Gasteiger partial charge in [0.15, 0.2) is 0 Å². The molecular formula is C15H19N3O2. The Bertz CT molecular complexity index is 636. The van der Waals surface area contributed by atoms with Gasteiger partial charge in [-0.15, -0.1) is 0 Å². The number of hydrogen-bond donors (Lipinski definition) is 1. The second-order valence-electron chi connectivity index (χ2n) is 5.20. The second kappa shape index (κ2) is 4.83. The van der Waals surface area contributed by atoms with E-state index in [1.165, 1.54) is 0 Å².